The second-order valence-corrected chi connectivity index (χ2v) is 6.77. The number of non-ortho nitro benzene ring substituents is 1. The van der Waals surface area contributed by atoms with Gasteiger partial charge in [-0.15, -0.1) is 0 Å². The van der Waals surface area contributed by atoms with Crippen LogP contribution < -0.4 is 10.2 Å². The van der Waals surface area contributed by atoms with Crippen molar-refractivity contribution in [3.63, 3.8) is 0 Å². The number of para-hydroxylation sites is 1. The number of nitrogens with one attached hydrogen (secondary N) is 1. The van der Waals surface area contributed by atoms with Crippen molar-refractivity contribution in [2.24, 2.45) is 0 Å². The van der Waals surface area contributed by atoms with Crippen LogP contribution in [0.3, 0.4) is 0 Å². The van der Waals surface area contributed by atoms with Crippen molar-refractivity contribution >= 4 is 34.6 Å². The van der Waals surface area contributed by atoms with Crippen LogP contribution in [0.2, 0.25) is 5.02 Å². The molecule has 0 unspecified atom stereocenters. The fourth-order valence-corrected chi connectivity index (χ4v) is 3.29. The van der Waals surface area contributed by atoms with Crippen LogP contribution in [0.4, 0.5) is 17.1 Å². The first-order valence-corrected chi connectivity index (χ1v) is 9.06. The molecule has 1 saturated heterocycles. The summed E-state index contributed by atoms with van der Waals surface area (Å²) >= 11 is 6.05. The zero-order valence-corrected chi connectivity index (χ0v) is 15.7. The van der Waals surface area contributed by atoms with Crippen LogP contribution in [-0.4, -0.2) is 48.5 Å². The van der Waals surface area contributed by atoms with Gasteiger partial charge in [0.05, 0.1) is 33.4 Å². The van der Waals surface area contributed by atoms with E-state index in [1.165, 1.54) is 12.1 Å². The van der Waals surface area contributed by atoms with Gasteiger partial charge in [-0.2, -0.15) is 5.26 Å². The lowest BCUT2D eigenvalue weighted by molar-refractivity contribution is -0.384. The van der Waals surface area contributed by atoms with E-state index in [0.29, 0.717) is 42.6 Å². The smallest absolute Gasteiger partial charge is 0.270 e. The minimum absolute atomic E-state index is 0.102. The van der Waals surface area contributed by atoms with Gasteiger partial charge in [-0.3, -0.25) is 19.8 Å². The molecule has 1 heterocycles. The van der Waals surface area contributed by atoms with Gasteiger partial charge in [0, 0.05) is 38.3 Å². The number of carbonyl (C=O) groups is 1. The SMILES string of the molecule is N#Cc1cc([N+](=O)[O-])ccc1N1CCN(CC(=O)Nc2ccccc2Cl)CC1. The average Bonchev–Trinajstić information content (AvgIpc) is 2.70. The summed E-state index contributed by atoms with van der Waals surface area (Å²) in [7, 11) is 0. The monoisotopic (exact) mass is 399 g/mol. The number of carbonyl (C=O) groups excluding carboxylic acids is 1. The summed E-state index contributed by atoms with van der Waals surface area (Å²) in [6, 6.07) is 13.4. The minimum Gasteiger partial charge on any atom is -0.368 e. The predicted octanol–water partition coefficient (Wildman–Crippen LogP) is 2.88. The van der Waals surface area contributed by atoms with E-state index in [0.717, 1.165) is 0 Å². The molecule has 1 aliphatic heterocycles. The lowest BCUT2D eigenvalue weighted by atomic mass is 10.1. The molecule has 28 heavy (non-hydrogen) atoms. The number of nitrogens with zero attached hydrogens (tertiary/aromatic N) is 4. The van der Waals surface area contributed by atoms with Crippen molar-refractivity contribution in [2.75, 3.05) is 42.9 Å². The Labute approximate surface area is 167 Å². The molecule has 0 atom stereocenters. The van der Waals surface area contributed by atoms with Crippen LogP contribution in [0.5, 0.6) is 0 Å². The highest BCUT2D eigenvalue weighted by Gasteiger charge is 2.22. The zero-order valence-electron chi connectivity index (χ0n) is 15.0. The molecule has 2 aromatic rings. The molecule has 2 aromatic carbocycles. The van der Waals surface area contributed by atoms with Crippen molar-refractivity contribution in [1.29, 1.82) is 5.26 Å². The quantitative estimate of drug-likeness (QED) is 0.612. The Morgan fingerprint density at radius 2 is 1.93 bits per heavy atom. The largest absolute Gasteiger partial charge is 0.368 e. The van der Waals surface area contributed by atoms with Gasteiger partial charge in [0.25, 0.3) is 5.69 Å². The number of benzene rings is 2. The van der Waals surface area contributed by atoms with Gasteiger partial charge in [-0.1, -0.05) is 23.7 Å². The second-order valence-electron chi connectivity index (χ2n) is 6.36. The Balaban J connectivity index is 1.57. The number of nitriles is 1. The molecule has 8 nitrogen and oxygen atoms in total. The summed E-state index contributed by atoms with van der Waals surface area (Å²) in [5.74, 6) is -0.144. The number of rotatable bonds is 5. The molecule has 9 heteroatoms. The van der Waals surface area contributed by atoms with Crippen LogP contribution in [-0.2, 0) is 4.79 Å². The van der Waals surface area contributed by atoms with E-state index in [9.17, 15) is 20.2 Å². The van der Waals surface area contributed by atoms with Gasteiger partial charge >= 0.3 is 0 Å². The highest BCUT2D eigenvalue weighted by atomic mass is 35.5. The molecule has 1 fully saturated rings. The molecular formula is C19H18ClN5O3. The van der Waals surface area contributed by atoms with Gasteiger partial charge in [0.1, 0.15) is 6.07 Å². The lowest BCUT2D eigenvalue weighted by Crippen LogP contribution is -2.48. The third-order valence-corrected chi connectivity index (χ3v) is 4.87. The molecule has 1 N–H and O–H groups in total. The number of piperazine rings is 1. The van der Waals surface area contributed by atoms with Crippen molar-refractivity contribution in [1.82, 2.24) is 4.90 Å². The third kappa shape index (κ3) is 4.57. The minimum atomic E-state index is -0.514. The first-order valence-electron chi connectivity index (χ1n) is 8.68. The average molecular weight is 400 g/mol. The number of amides is 1. The van der Waals surface area contributed by atoms with Crippen molar-refractivity contribution in [3.05, 3.63) is 63.2 Å². The Morgan fingerprint density at radius 3 is 2.57 bits per heavy atom. The summed E-state index contributed by atoms with van der Waals surface area (Å²) in [4.78, 5) is 26.6. The van der Waals surface area contributed by atoms with Crippen molar-refractivity contribution < 1.29 is 9.72 Å². The Bertz CT molecular complexity index is 935. The molecule has 0 spiro atoms. The van der Waals surface area contributed by atoms with E-state index in [1.807, 2.05) is 15.9 Å². The highest BCUT2D eigenvalue weighted by Crippen LogP contribution is 2.26. The molecule has 0 saturated carbocycles. The topological polar surface area (TPSA) is 103 Å². The number of nitro groups is 1. The number of halogens is 1. The first kappa shape index (κ1) is 19.6. The number of hydrogen-bond acceptors (Lipinski definition) is 6. The lowest BCUT2D eigenvalue weighted by Gasteiger charge is -2.36. The fraction of sp³-hybridized carbons (Fsp3) is 0.263. The van der Waals surface area contributed by atoms with E-state index in [2.05, 4.69) is 5.32 Å². The van der Waals surface area contributed by atoms with Crippen LogP contribution >= 0.6 is 11.6 Å². The molecule has 1 amide bonds. The van der Waals surface area contributed by atoms with E-state index in [1.54, 1.807) is 30.3 Å². The number of nitro benzene ring substituents is 1. The second kappa shape index (κ2) is 8.69. The van der Waals surface area contributed by atoms with Crippen LogP contribution in [0.15, 0.2) is 42.5 Å². The predicted molar refractivity (Wildman–Crippen MR) is 107 cm³/mol. The van der Waals surface area contributed by atoms with E-state index in [-0.39, 0.29) is 23.7 Å². The Hall–Kier alpha value is -3.15. The number of hydrogen-bond donors (Lipinski definition) is 1. The normalized spacial score (nSPS) is 14.4. The molecule has 0 aromatic heterocycles. The standard InChI is InChI=1S/C19H18ClN5O3/c20-16-3-1-2-4-17(16)22-19(26)13-23-7-9-24(10-8-23)18-6-5-15(25(27)28)11-14(18)12-21/h1-6,11H,7-10,13H2,(H,22,26). The first-order chi connectivity index (χ1) is 13.5. The van der Waals surface area contributed by atoms with Crippen LogP contribution in [0.25, 0.3) is 0 Å². The molecule has 1 aliphatic rings. The molecule has 3 rings (SSSR count). The van der Waals surface area contributed by atoms with Gasteiger partial charge in [-0.05, 0) is 18.2 Å². The zero-order chi connectivity index (χ0) is 20.1. The van der Waals surface area contributed by atoms with Gasteiger partial charge in [-0.25, -0.2) is 0 Å². The summed E-state index contributed by atoms with van der Waals surface area (Å²) in [5.41, 5.74) is 1.43. The Kier molecular flexibility index (Phi) is 6.09. The van der Waals surface area contributed by atoms with Gasteiger partial charge in [0.15, 0.2) is 0 Å². The maximum Gasteiger partial charge on any atom is 0.270 e. The van der Waals surface area contributed by atoms with Crippen molar-refractivity contribution in [2.45, 2.75) is 0 Å². The van der Waals surface area contributed by atoms with Crippen molar-refractivity contribution in [3.8, 4) is 6.07 Å². The van der Waals surface area contributed by atoms with Gasteiger partial charge in [0.2, 0.25) is 5.91 Å². The number of anilines is 2. The summed E-state index contributed by atoms with van der Waals surface area (Å²) in [6.07, 6.45) is 0. The molecule has 0 bridgehead atoms. The summed E-state index contributed by atoms with van der Waals surface area (Å²) in [6.45, 7) is 2.75. The maximum absolute atomic E-state index is 12.3. The van der Waals surface area contributed by atoms with Crippen LogP contribution in [0, 0.1) is 21.4 Å². The molecule has 0 aliphatic carbocycles. The van der Waals surface area contributed by atoms with E-state index < -0.39 is 4.92 Å². The van der Waals surface area contributed by atoms with Crippen LogP contribution in [0.1, 0.15) is 5.56 Å². The molecule has 144 valence electrons. The summed E-state index contributed by atoms with van der Waals surface area (Å²) in [5, 5.41) is 23.5. The van der Waals surface area contributed by atoms with E-state index in [4.69, 9.17) is 11.6 Å². The fourth-order valence-electron chi connectivity index (χ4n) is 3.11. The Morgan fingerprint density at radius 1 is 1.21 bits per heavy atom. The highest BCUT2D eigenvalue weighted by molar-refractivity contribution is 6.33. The molecule has 0 radical (unpaired) electrons. The van der Waals surface area contributed by atoms with E-state index >= 15 is 0 Å². The van der Waals surface area contributed by atoms with Gasteiger partial charge < -0.3 is 10.2 Å². The third-order valence-electron chi connectivity index (χ3n) is 4.54. The molecular weight excluding hydrogens is 382 g/mol. The maximum atomic E-state index is 12.3. The summed E-state index contributed by atoms with van der Waals surface area (Å²) < 4.78 is 0.